The predicted octanol–water partition coefficient (Wildman–Crippen LogP) is 1.80. The van der Waals surface area contributed by atoms with Gasteiger partial charge in [0.25, 0.3) is 0 Å². The van der Waals surface area contributed by atoms with Gasteiger partial charge in [-0.3, -0.25) is 4.79 Å². The van der Waals surface area contributed by atoms with Gasteiger partial charge >= 0.3 is 0 Å². The summed E-state index contributed by atoms with van der Waals surface area (Å²) in [6.45, 7) is 1.45. The van der Waals surface area contributed by atoms with Gasteiger partial charge < -0.3 is 15.7 Å². The van der Waals surface area contributed by atoms with Crippen molar-refractivity contribution in [3.63, 3.8) is 0 Å². The first-order chi connectivity index (χ1) is 9.51. The molecular formula is C16H28N2O2. The zero-order valence-corrected chi connectivity index (χ0v) is 12.4. The zero-order chi connectivity index (χ0) is 14.2. The van der Waals surface area contributed by atoms with Crippen LogP contribution in [0.5, 0.6) is 0 Å². The van der Waals surface area contributed by atoms with Crippen LogP contribution in [0.25, 0.3) is 0 Å². The first-order valence-corrected chi connectivity index (χ1v) is 8.30. The van der Waals surface area contributed by atoms with Crippen molar-refractivity contribution in [3.05, 3.63) is 0 Å². The third-order valence-corrected chi connectivity index (χ3v) is 5.88. The molecule has 20 heavy (non-hydrogen) atoms. The van der Waals surface area contributed by atoms with Crippen LogP contribution in [-0.2, 0) is 4.79 Å². The van der Waals surface area contributed by atoms with E-state index in [4.69, 9.17) is 5.73 Å². The third-order valence-electron chi connectivity index (χ3n) is 5.88. The van der Waals surface area contributed by atoms with Crippen molar-refractivity contribution in [2.45, 2.75) is 75.3 Å². The largest absolute Gasteiger partial charge is 0.389 e. The molecule has 4 nitrogen and oxygen atoms in total. The number of aliphatic hydroxyl groups is 1. The lowest BCUT2D eigenvalue weighted by atomic mass is 9.71. The molecule has 0 bridgehead atoms. The van der Waals surface area contributed by atoms with E-state index in [9.17, 15) is 9.90 Å². The van der Waals surface area contributed by atoms with Crippen LogP contribution < -0.4 is 5.73 Å². The second-order valence-electron chi connectivity index (χ2n) is 7.38. The molecule has 1 aliphatic heterocycles. The molecule has 0 radical (unpaired) electrons. The zero-order valence-electron chi connectivity index (χ0n) is 12.4. The second-order valence-corrected chi connectivity index (χ2v) is 7.38. The van der Waals surface area contributed by atoms with Crippen LogP contribution in [0.2, 0.25) is 0 Å². The number of piperidine rings is 1. The van der Waals surface area contributed by atoms with Crippen molar-refractivity contribution in [3.8, 4) is 0 Å². The van der Waals surface area contributed by atoms with Crippen molar-refractivity contribution in [1.29, 1.82) is 0 Å². The molecule has 1 amide bonds. The third kappa shape index (κ3) is 2.73. The number of hydrogen-bond acceptors (Lipinski definition) is 3. The van der Waals surface area contributed by atoms with Crippen molar-refractivity contribution < 1.29 is 9.90 Å². The molecule has 4 heteroatoms. The van der Waals surface area contributed by atoms with E-state index in [1.165, 1.54) is 6.42 Å². The summed E-state index contributed by atoms with van der Waals surface area (Å²) >= 11 is 0. The van der Waals surface area contributed by atoms with E-state index in [0.29, 0.717) is 13.0 Å². The smallest absolute Gasteiger partial charge is 0.224 e. The van der Waals surface area contributed by atoms with Crippen LogP contribution >= 0.6 is 0 Å². The highest BCUT2D eigenvalue weighted by atomic mass is 16.3. The lowest BCUT2D eigenvalue weighted by Gasteiger charge is -2.47. The number of nitrogens with two attached hydrogens (primary N) is 1. The van der Waals surface area contributed by atoms with E-state index < -0.39 is 5.60 Å². The Morgan fingerprint density at radius 3 is 2.60 bits per heavy atom. The summed E-state index contributed by atoms with van der Waals surface area (Å²) < 4.78 is 0. The van der Waals surface area contributed by atoms with E-state index in [2.05, 4.69) is 0 Å². The maximum Gasteiger partial charge on any atom is 0.224 e. The molecule has 3 N–H and O–H groups in total. The first kappa shape index (κ1) is 14.3. The summed E-state index contributed by atoms with van der Waals surface area (Å²) in [5.74, 6) is 0.494. The monoisotopic (exact) mass is 280 g/mol. The van der Waals surface area contributed by atoms with Gasteiger partial charge in [-0.15, -0.1) is 0 Å². The summed E-state index contributed by atoms with van der Waals surface area (Å²) in [5, 5.41) is 10.7. The molecule has 2 aliphatic carbocycles. The van der Waals surface area contributed by atoms with Crippen LogP contribution in [0.15, 0.2) is 0 Å². The lowest BCUT2D eigenvalue weighted by Crippen LogP contribution is -2.55. The average Bonchev–Trinajstić information content (AvgIpc) is 2.84. The minimum Gasteiger partial charge on any atom is -0.389 e. The summed E-state index contributed by atoms with van der Waals surface area (Å²) in [7, 11) is 0. The molecule has 3 rings (SSSR count). The predicted molar refractivity (Wildman–Crippen MR) is 78.1 cm³/mol. The molecule has 2 unspecified atom stereocenters. The number of hydrogen-bond donors (Lipinski definition) is 2. The highest BCUT2D eigenvalue weighted by Gasteiger charge is 2.44. The second kappa shape index (κ2) is 5.30. The van der Waals surface area contributed by atoms with Gasteiger partial charge in [0.15, 0.2) is 0 Å². The van der Waals surface area contributed by atoms with Gasteiger partial charge in [0, 0.05) is 31.0 Å². The SMILES string of the molecule is NC1(CC(=O)N2CCC3(O)CCCCC3C2)CCCC1. The lowest BCUT2D eigenvalue weighted by molar-refractivity contribution is -0.144. The number of nitrogens with zero attached hydrogens (tertiary/aromatic N) is 1. The van der Waals surface area contributed by atoms with Gasteiger partial charge in [-0.05, 0) is 32.1 Å². The Morgan fingerprint density at radius 1 is 1.15 bits per heavy atom. The molecule has 3 fully saturated rings. The topological polar surface area (TPSA) is 66.6 Å². The number of carbonyl (C=O) groups is 1. The van der Waals surface area contributed by atoms with Crippen LogP contribution in [0, 0.1) is 5.92 Å². The minimum absolute atomic E-state index is 0.210. The highest BCUT2D eigenvalue weighted by molar-refractivity contribution is 5.77. The fourth-order valence-electron chi connectivity index (χ4n) is 4.47. The Kier molecular flexibility index (Phi) is 3.80. The molecule has 3 aliphatic rings. The Morgan fingerprint density at radius 2 is 1.85 bits per heavy atom. The molecule has 0 spiro atoms. The van der Waals surface area contributed by atoms with Gasteiger partial charge in [-0.25, -0.2) is 0 Å². The Labute approximate surface area is 121 Å². The molecule has 114 valence electrons. The quantitative estimate of drug-likeness (QED) is 0.810. The number of likely N-dealkylation sites (tertiary alicyclic amines) is 1. The molecular weight excluding hydrogens is 252 g/mol. The van der Waals surface area contributed by atoms with Crippen LogP contribution in [0.4, 0.5) is 0 Å². The van der Waals surface area contributed by atoms with Gasteiger partial charge in [-0.2, -0.15) is 0 Å². The summed E-state index contributed by atoms with van der Waals surface area (Å²) in [4.78, 5) is 14.5. The van der Waals surface area contributed by atoms with E-state index in [1.54, 1.807) is 0 Å². The Hall–Kier alpha value is -0.610. The van der Waals surface area contributed by atoms with Crippen LogP contribution in [0.3, 0.4) is 0 Å². The average molecular weight is 280 g/mol. The normalized spacial score (nSPS) is 36.7. The van der Waals surface area contributed by atoms with Gasteiger partial charge in [0.05, 0.1) is 5.60 Å². The van der Waals surface area contributed by atoms with Crippen LogP contribution in [0.1, 0.15) is 64.2 Å². The summed E-state index contributed by atoms with van der Waals surface area (Å²) in [6, 6.07) is 0. The standard InChI is InChI=1S/C16H28N2O2/c17-15(6-3-4-7-15)11-14(19)18-10-9-16(20)8-2-1-5-13(16)12-18/h13,20H,1-12,17H2. The van der Waals surface area contributed by atoms with Crippen LogP contribution in [-0.4, -0.2) is 40.1 Å². The van der Waals surface area contributed by atoms with Crippen molar-refractivity contribution in [2.75, 3.05) is 13.1 Å². The Bertz CT molecular complexity index is 379. The van der Waals surface area contributed by atoms with Gasteiger partial charge in [-0.1, -0.05) is 25.7 Å². The number of rotatable bonds is 2. The van der Waals surface area contributed by atoms with E-state index in [0.717, 1.165) is 57.9 Å². The molecule has 2 atom stereocenters. The van der Waals surface area contributed by atoms with Gasteiger partial charge in [0.1, 0.15) is 0 Å². The molecule has 0 aromatic rings. The fraction of sp³-hybridized carbons (Fsp3) is 0.938. The first-order valence-electron chi connectivity index (χ1n) is 8.30. The van der Waals surface area contributed by atoms with E-state index >= 15 is 0 Å². The number of carbonyl (C=O) groups excluding carboxylic acids is 1. The van der Waals surface area contributed by atoms with Crippen molar-refractivity contribution in [1.82, 2.24) is 4.90 Å². The highest BCUT2D eigenvalue weighted by Crippen LogP contribution is 2.40. The number of fused-ring (bicyclic) bond motifs is 1. The fourth-order valence-corrected chi connectivity index (χ4v) is 4.47. The van der Waals surface area contributed by atoms with Crippen molar-refractivity contribution >= 4 is 5.91 Å². The summed E-state index contributed by atoms with van der Waals surface area (Å²) in [5.41, 5.74) is 5.58. The molecule has 0 aromatic heterocycles. The Balaban J connectivity index is 1.59. The summed E-state index contributed by atoms with van der Waals surface area (Å²) in [6.07, 6.45) is 9.84. The molecule has 1 heterocycles. The molecule has 1 saturated heterocycles. The van der Waals surface area contributed by atoms with Gasteiger partial charge in [0.2, 0.25) is 5.91 Å². The maximum atomic E-state index is 12.5. The number of amides is 1. The van der Waals surface area contributed by atoms with Crippen molar-refractivity contribution in [2.24, 2.45) is 11.7 Å². The molecule has 0 aromatic carbocycles. The molecule has 2 saturated carbocycles. The maximum absolute atomic E-state index is 12.5. The minimum atomic E-state index is -0.497. The van der Waals surface area contributed by atoms with E-state index in [-0.39, 0.29) is 17.4 Å². The van der Waals surface area contributed by atoms with E-state index in [1.807, 2.05) is 4.90 Å².